The first kappa shape index (κ1) is 10.6. The molecule has 1 aromatic carbocycles. The molecule has 1 atom stereocenters. The highest BCUT2D eigenvalue weighted by molar-refractivity contribution is 5.86. The van der Waals surface area contributed by atoms with Gasteiger partial charge in [0.05, 0.1) is 6.10 Å². The van der Waals surface area contributed by atoms with E-state index in [9.17, 15) is 9.90 Å². The molecule has 16 heavy (non-hydrogen) atoms. The third-order valence-electron chi connectivity index (χ3n) is 2.33. The van der Waals surface area contributed by atoms with Gasteiger partial charge in [-0.15, -0.1) is 0 Å². The highest BCUT2D eigenvalue weighted by Gasteiger charge is 2.10. The molecule has 0 saturated carbocycles. The maximum atomic E-state index is 10.8. The van der Waals surface area contributed by atoms with Crippen LogP contribution in [0.1, 0.15) is 18.1 Å². The molecule has 1 aliphatic heterocycles. The summed E-state index contributed by atoms with van der Waals surface area (Å²) in [5.74, 6) is 0.139. The van der Waals surface area contributed by atoms with Crippen LogP contribution in [0.15, 0.2) is 54.3 Å². The van der Waals surface area contributed by atoms with Crippen molar-refractivity contribution in [2.75, 3.05) is 0 Å². The van der Waals surface area contributed by atoms with Gasteiger partial charge in [0.1, 0.15) is 5.76 Å². The third-order valence-corrected chi connectivity index (χ3v) is 2.33. The van der Waals surface area contributed by atoms with E-state index >= 15 is 0 Å². The normalized spacial score (nSPS) is 18.8. The second-order valence-corrected chi connectivity index (χ2v) is 3.52. The number of ether oxygens (including phenoxy) is 1. The van der Waals surface area contributed by atoms with Crippen LogP contribution in [0.25, 0.3) is 0 Å². The number of esters is 1. The van der Waals surface area contributed by atoms with Crippen LogP contribution in [0.3, 0.4) is 0 Å². The van der Waals surface area contributed by atoms with E-state index in [0.29, 0.717) is 12.2 Å². The molecule has 0 amide bonds. The van der Waals surface area contributed by atoms with E-state index in [-0.39, 0.29) is 5.97 Å². The molecule has 0 radical (unpaired) electrons. The van der Waals surface area contributed by atoms with E-state index in [1.807, 2.05) is 30.3 Å². The van der Waals surface area contributed by atoms with Crippen molar-refractivity contribution in [1.29, 1.82) is 0 Å². The number of carbonyl (C=O) groups excluding carboxylic acids is 1. The average molecular weight is 216 g/mol. The number of hydrogen-bond acceptors (Lipinski definition) is 3. The fraction of sp³-hybridized carbons (Fsp3) is 0.154. The van der Waals surface area contributed by atoms with Gasteiger partial charge in [0.25, 0.3) is 0 Å². The van der Waals surface area contributed by atoms with Crippen LogP contribution in [0.4, 0.5) is 0 Å². The van der Waals surface area contributed by atoms with Crippen molar-refractivity contribution in [1.82, 2.24) is 0 Å². The second kappa shape index (κ2) is 4.77. The van der Waals surface area contributed by atoms with E-state index in [4.69, 9.17) is 4.74 Å². The summed E-state index contributed by atoms with van der Waals surface area (Å²) in [6.07, 6.45) is 4.53. The molecule has 0 unspecified atom stereocenters. The summed E-state index contributed by atoms with van der Waals surface area (Å²) >= 11 is 0. The predicted molar refractivity (Wildman–Crippen MR) is 59.3 cm³/mol. The third kappa shape index (κ3) is 2.58. The van der Waals surface area contributed by atoms with Crippen LogP contribution in [-0.4, -0.2) is 11.1 Å². The lowest BCUT2D eigenvalue weighted by atomic mass is 10.1. The first-order chi connectivity index (χ1) is 7.75. The minimum atomic E-state index is -0.568. The van der Waals surface area contributed by atoms with Crippen LogP contribution in [-0.2, 0) is 9.53 Å². The lowest BCUT2D eigenvalue weighted by Crippen LogP contribution is -1.96. The monoisotopic (exact) mass is 216 g/mol. The van der Waals surface area contributed by atoms with Gasteiger partial charge in [-0.3, -0.25) is 0 Å². The van der Waals surface area contributed by atoms with Crippen molar-refractivity contribution in [2.45, 2.75) is 12.5 Å². The Bertz CT molecular complexity index is 432. The molecule has 3 heteroatoms. The smallest absolute Gasteiger partial charge is 0.336 e. The van der Waals surface area contributed by atoms with E-state index in [0.717, 1.165) is 5.56 Å². The Morgan fingerprint density at radius 3 is 2.62 bits per heavy atom. The summed E-state index contributed by atoms with van der Waals surface area (Å²) < 4.78 is 4.85. The number of hydrogen-bond donors (Lipinski definition) is 1. The molecule has 3 nitrogen and oxygen atoms in total. The number of carbonyl (C=O) groups is 1. The van der Waals surface area contributed by atoms with Gasteiger partial charge < -0.3 is 9.84 Å². The molecule has 0 aliphatic carbocycles. The van der Waals surface area contributed by atoms with Crippen molar-refractivity contribution in [2.24, 2.45) is 0 Å². The van der Waals surface area contributed by atoms with Gasteiger partial charge in [-0.1, -0.05) is 30.3 Å². The van der Waals surface area contributed by atoms with Gasteiger partial charge in [0, 0.05) is 6.08 Å². The molecule has 1 aliphatic rings. The Hall–Kier alpha value is -1.87. The maximum Gasteiger partial charge on any atom is 0.336 e. The SMILES string of the molecule is O=C1C=C/C(=C/C[C@@H](O)c2ccccc2)O1. The summed E-state index contributed by atoms with van der Waals surface area (Å²) in [6.45, 7) is 0. The van der Waals surface area contributed by atoms with Crippen LogP contribution in [0, 0.1) is 0 Å². The summed E-state index contributed by atoms with van der Waals surface area (Å²) in [5, 5.41) is 9.84. The van der Waals surface area contributed by atoms with E-state index in [1.54, 1.807) is 12.2 Å². The highest BCUT2D eigenvalue weighted by Crippen LogP contribution is 2.19. The van der Waals surface area contributed by atoms with Crippen LogP contribution < -0.4 is 0 Å². The topological polar surface area (TPSA) is 46.5 Å². The summed E-state index contributed by atoms with van der Waals surface area (Å²) in [7, 11) is 0. The molecular weight excluding hydrogens is 204 g/mol. The lowest BCUT2D eigenvalue weighted by Gasteiger charge is -2.07. The van der Waals surface area contributed by atoms with Crippen LogP contribution in [0.5, 0.6) is 0 Å². The molecule has 1 N–H and O–H groups in total. The molecule has 0 bridgehead atoms. The molecule has 0 spiro atoms. The molecule has 1 aromatic rings. The molecule has 82 valence electrons. The van der Waals surface area contributed by atoms with Crippen molar-refractivity contribution in [3.8, 4) is 0 Å². The first-order valence-electron chi connectivity index (χ1n) is 5.09. The molecule has 0 saturated heterocycles. The number of benzene rings is 1. The van der Waals surface area contributed by atoms with Crippen molar-refractivity contribution in [3.05, 3.63) is 59.9 Å². The quantitative estimate of drug-likeness (QED) is 0.787. The zero-order valence-electron chi connectivity index (χ0n) is 8.67. The Labute approximate surface area is 93.7 Å². The van der Waals surface area contributed by atoms with Crippen LogP contribution >= 0.6 is 0 Å². The number of allylic oxidation sites excluding steroid dienone is 1. The Morgan fingerprint density at radius 1 is 1.25 bits per heavy atom. The zero-order valence-corrected chi connectivity index (χ0v) is 8.67. The Morgan fingerprint density at radius 2 is 2.00 bits per heavy atom. The molecule has 1 heterocycles. The lowest BCUT2D eigenvalue weighted by molar-refractivity contribution is -0.132. The van der Waals surface area contributed by atoms with E-state index < -0.39 is 6.10 Å². The van der Waals surface area contributed by atoms with Gasteiger partial charge in [0.15, 0.2) is 0 Å². The predicted octanol–water partition coefficient (Wildman–Crippen LogP) is 2.11. The average Bonchev–Trinajstić information content (AvgIpc) is 2.73. The van der Waals surface area contributed by atoms with Gasteiger partial charge >= 0.3 is 5.97 Å². The highest BCUT2D eigenvalue weighted by atomic mass is 16.5. The summed E-state index contributed by atoms with van der Waals surface area (Å²) in [4.78, 5) is 10.8. The van der Waals surface area contributed by atoms with Crippen molar-refractivity contribution in [3.63, 3.8) is 0 Å². The van der Waals surface area contributed by atoms with E-state index in [2.05, 4.69) is 0 Å². The number of cyclic esters (lactones) is 1. The van der Waals surface area contributed by atoms with Gasteiger partial charge in [-0.2, -0.15) is 0 Å². The minimum Gasteiger partial charge on any atom is -0.424 e. The zero-order chi connectivity index (χ0) is 11.4. The van der Waals surface area contributed by atoms with E-state index in [1.165, 1.54) is 6.08 Å². The summed E-state index contributed by atoms with van der Waals surface area (Å²) in [6, 6.07) is 9.37. The maximum absolute atomic E-state index is 10.8. The standard InChI is InChI=1S/C13H12O3/c14-12(10-4-2-1-3-5-10)8-6-11-7-9-13(15)16-11/h1-7,9,12,14H,8H2/b11-6-/t12-/m1/s1. The minimum absolute atomic E-state index is 0.361. The van der Waals surface area contributed by atoms with Gasteiger partial charge in [-0.25, -0.2) is 4.79 Å². The van der Waals surface area contributed by atoms with Gasteiger partial charge in [-0.05, 0) is 24.1 Å². The number of rotatable bonds is 3. The fourth-order valence-electron chi connectivity index (χ4n) is 1.48. The van der Waals surface area contributed by atoms with Crippen LogP contribution in [0.2, 0.25) is 0 Å². The summed E-state index contributed by atoms with van der Waals surface area (Å²) in [5.41, 5.74) is 0.854. The Balaban J connectivity index is 1.96. The molecule has 0 aromatic heterocycles. The number of aliphatic hydroxyl groups excluding tert-OH is 1. The van der Waals surface area contributed by atoms with Crippen molar-refractivity contribution < 1.29 is 14.6 Å². The molecule has 2 rings (SSSR count). The Kier molecular flexibility index (Phi) is 3.17. The largest absolute Gasteiger partial charge is 0.424 e. The molecule has 0 fully saturated rings. The second-order valence-electron chi connectivity index (χ2n) is 3.52. The van der Waals surface area contributed by atoms with Crippen molar-refractivity contribution >= 4 is 5.97 Å². The number of aliphatic hydroxyl groups is 1. The molecular formula is C13H12O3. The fourth-order valence-corrected chi connectivity index (χ4v) is 1.48. The first-order valence-corrected chi connectivity index (χ1v) is 5.09. The van der Waals surface area contributed by atoms with Gasteiger partial charge in [0.2, 0.25) is 0 Å².